The number of carbonyl (C=O) groups excluding carboxylic acids is 1. The van der Waals surface area contributed by atoms with E-state index in [1.807, 2.05) is 28.8 Å². The quantitative estimate of drug-likeness (QED) is 0.384. The molecule has 0 unspecified atom stereocenters. The Morgan fingerprint density at radius 3 is 2.00 bits per heavy atom. The molecule has 0 N–H and O–H groups in total. The van der Waals surface area contributed by atoms with Crippen molar-refractivity contribution in [3.63, 3.8) is 0 Å². The molecule has 3 aromatic rings. The normalized spacial score (nSPS) is 11.1. The number of aromatic nitrogens is 1. The third-order valence-electron chi connectivity index (χ3n) is 3.02. The van der Waals surface area contributed by atoms with Gasteiger partial charge < -0.3 is 0 Å². The maximum atomic E-state index is 10.7. The highest BCUT2D eigenvalue weighted by Gasteiger charge is 2.14. The van der Waals surface area contributed by atoms with Crippen LogP contribution in [-0.2, 0) is 4.79 Å². The van der Waals surface area contributed by atoms with Crippen LogP contribution >= 0.6 is 55.8 Å². The summed E-state index contributed by atoms with van der Waals surface area (Å²) in [4.78, 5) is 10.7. The zero-order chi connectivity index (χ0) is 14.3. The number of rotatable bonds is 1. The fraction of sp³-hybridized carbons (Fsp3) is 0. The molecule has 0 bridgehead atoms. The number of hydrogen-bond donors (Lipinski definition) is 0. The zero-order valence-electron chi connectivity index (χ0n) is 9.97. The van der Waals surface area contributed by atoms with Crippen molar-refractivity contribution in [3.8, 4) is 0 Å². The van der Waals surface area contributed by atoms with Crippen LogP contribution in [0.25, 0.3) is 21.8 Å². The fourth-order valence-corrected chi connectivity index (χ4v) is 3.68. The van der Waals surface area contributed by atoms with Crippen LogP contribution in [0.15, 0.2) is 45.3 Å². The van der Waals surface area contributed by atoms with Gasteiger partial charge in [0, 0.05) is 19.7 Å². The van der Waals surface area contributed by atoms with E-state index in [1.165, 1.54) is 0 Å². The number of thiocarbonyl (C=S) groups is 1. The predicted molar refractivity (Wildman–Crippen MR) is 97.2 cm³/mol. The summed E-state index contributed by atoms with van der Waals surface area (Å²) in [6.45, 7) is 0. The Morgan fingerprint density at radius 2 is 1.55 bits per heavy atom. The highest BCUT2D eigenvalue weighted by atomic mass is 79.9. The van der Waals surface area contributed by atoms with E-state index >= 15 is 0 Å². The molecule has 0 aliphatic carbocycles. The third-order valence-corrected chi connectivity index (χ3v) is 4.96. The molecule has 0 radical (unpaired) electrons. The van der Waals surface area contributed by atoms with Gasteiger partial charge in [0.2, 0.25) is 0 Å². The second-order valence-corrected chi connectivity index (χ2v) is 7.43. The average Bonchev–Trinajstić information content (AvgIpc) is 2.72. The van der Waals surface area contributed by atoms with Crippen molar-refractivity contribution in [3.05, 3.63) is 45.3 Å². The number of benzene rings is 2. The van der Waals surface area contributed by atoms with E-state index in [9.17, 15) is 4.79 Å². The summed E-state index contributed by atoms with van der Waals surface area (Å²) in [5.41, 5.74) is 2.76. The summed E-state index contributed by atoms with van der Waals surface area (Å²) in [5, 5.41) is 2.20. The molecule has 0 fully saturated rings. The largest absolute Gasteiger partial charge is 0.294 e. The third kappa shape index (κ3) is 2.35. The molecule has 0 saturated carbocycles. The van der Waals surface area contributed by atoms with E-state index < -0.39 is 0 Å². The first-order valence-corrected chi connectivity index (χ1v) is 8.53. The maximum Gasteiger partial charge on any atom is 0.183 e. The molecule has 0 aliphatic heterocycles. The first-order chi connectivity index (χ1) is 9.61. The van der Waals surface area contributed by atoms with Gasteiger partial charge in [-0.2, -0.15) is 0 Å². The van der Waals surface area contributed by atoms with Gasteiger partial charge in [-0.1, -0.05) is 44.1 Å². The molecule has 1 heterocycles. The Morgan fingerprint density at radius 1 is 1.05 bits per heavy atom. The van der Waals surface area contributed by atoms with Crippen LogP contribution in [-0.4, -0.2) is 14.5 Å². The molecule has 0 atom stereocenters. The van der Waals surface area contributed by atoms with Gasteiger partial charge in [-0.05, 0) is 48.2 Å². The molecule has 2 aromatic carbocycles. The van der Waals surface area contributed by atoms with Crippen LogP contribution in [0.2, 0.25) is 0 Å². The lowest BCUT2D eigenvalue weighted by molar-refractivity contribution is 0.570. The Hall–Kier alpha value is -0.690. The van der Waals surface area contributed by atoms with Crippen LogP contribution in [0.4, 0.5) is 0 Å². The lowest BCUT2D eigenvalue weighted by Crippen LogP contribution is -2.03. The molecule has 0 amide bonds. The zero-order valence-corrected chi connectivity index (χ0v) is 14.8. The van der Waals surface area contributed by atoms with Gasteiger partial charge in [-0.3, -0.25) is 9.36 Å². The summed E-state index contributed by atoms with van der Waals surface area (Å²) in [6.07, 6.45) is 0. The van der Waals surface area contributed by atoms with Crippen LogP contribution in [0.3, 0.4) is 0 Å². The highest BCUT2D eigenvalue weighted by molar-refractivity contribution is 9.10. The topological polar surface area (TPSA) is 22.0 Å². The predicted octanol–water partition coefficient (Wildman–Crippen LogP) is 5.38. The van der Waals surface area contributed by atoms with Gasteiger partial charge in [-0.15, -0.1) is 0 Å². The lowest BCUT2D eigenvalue weighted by atomic mass is 10.2. The molecule has 100 valence electrons. The van der Waals surface area contributed by atoms with Crippen molar-refractivity contribution >= 4 is 87.6 Å². The van der Waals surface area contributed by atoms with Crippen molar-refractivity contribution in [1.29, 1.82) is 0 Å². The minimum Gasteiger partial charge on any atom is -0.294 e. The Bertz CT molecular complexity index is 798. The summed E-state index contributed by atoms with van der Waals surface area (Å²) in [6, 6.07) is 12.1. The van der Waals surface area contributed by atoms with Crippen molar-refractivity contribution in [2.24, 2.45) is 0 Å². The van der Waals surface area contributed by atoms with E-state index in [0.29, 0.717) is 4.32 Å². The highest BCUT2D eigenvalue weighted by Crippen LogP contribution is 2.33. The SMILES string of the molecule is O=CSC(=S)n1c2ccc(Br)cc2c2cc(Br)ccc21. The van der Waals surface area contributed by atoms with Crippen LogP contribution in [0, 0.1) is 0 Å². The Labute approximate surface area is 141 Å². The Balaban J connectivity index is 2.46. The minimum atomic E-state index is 0.532. The van der Waals surface area contributed by atoms with Crippen molar-refractivity contribution < 1.29 is 4.79 Å². The fourth-order valence-electron chi connectivity index (χ4n) is 2.26. The van der Waals surface area contributed by atoms with Crippen molar-refractivity contribution in [2.45, 2.75) is 0 Å². The molecule has 0 spiro atoms. The lowest BCUT2D eigenvalue weighted by Gasteiger charge is -2.05. The van der Waals surface area contributed by atoms with Crippen LogP contribution in [0.1, 0.15) is 0 Å². The van der Waals surface area contributed by atoms with Crippen LogP contribution < -0.4 is 0 Å². The van der Waals surface area contributed by atoms with Gasteiger partial charge in [0.05, 0.1) is 11.0 Å². The van der Waals surface area contributed by atoms with Gasteiger partial charge in [0.25, 0.3) is 0 Å². The van der Waals surface area contributed by atoms with E-state index in [2.05, 4.69) is 44.0 Å². The number of halogens is 2. The van der Waals surface area contributed by atoms with E-state index in [0.717, 1.165) is 48.1 Å². The second kappa shape index (κ2) is 5.60. The Kier molecular flexibility index (Phi) is 3.99. The number of thioether (sulfide) groups is 1. The van der Waals surface area contributed by atoms with Gasteiger partial charge in [-0.25, -0.2) is 0 Å². The molecule has 2 nitrogen and oxygen atoms in total. The first-order valence-electron chi connectivity index (χ1n) is 5.65. The van der Waals surface area contributed by atoms with Gasteiger partial charge in [0.1, 0.15) is 0 Å². The monoisotopic (exact) mass is 427 g/mol. The maximum absolute atomic E-state index is 10.7. The van der Waals surface area contributed by atoms with E-state index in [-0.39, 0.29) is 0 Å². The standard InChI is InChI=1S/C14H7Br2NOS2/c15-8-1-3-12-10(5-8)11-6-9(16)2-4-13(11)17(12)14(19)20-7-18/h1-7H. The summed E-state index contributed by atoms with van der Waals surface area (Å²) < 4.78 is 4.50. The molecule has 0 saturated heterocycles. The van der Waals surface area contributed by atoms with Crippen LogP contribution in [0.5, 0.6) is 0 Å². The van der Waals surface area contributed by atoms with Gasteiger partial charge in [0.15, 0.2) is 9.94 Å². The number of nitrogens with zero attached hydrogens (tertiary/aromatic N) is 1. The summed E-state index contributed by atoms with van der Waals surface area (Å²) in [7, 11) is 0. The summed E-state index contributed by atoms with van der Waals surface area (Å²) in [5.74, 6) is 0. The molecule has 0 aliphatic rings. The molecule has 1 aromatic heterocycles. The van der Waals surface area contributed by atoms with Crippen molar-refractivity contribution in [2.75, 3.05) is 0 Å². The van der Waals surface area contributed by atoms with E-state index in [1.54, 1.807) is 0 Å². The van der Waals surface area contributed by atoms with Gasteiger partial charge >= 0.3 is 0 Å². The first kappa shape index (κ1) is 14.3. The smallest absolute Gasteiger partial charge is 0.183 e. The number of fused-ring (bicyclic) bond motifs is 3. The molecule has 20 heavy (non-hydrogen) atoms. The molecular weight excluding hydrogens is 422 g/mol. The second-order valence-electron chi connectivity index (χ2n) is 4.14. The number of hydrogen-bond acceptors (Lipinski definition) is 3. The molecule has 3 rings (SSSR count). The van der Waals surface area contributed by atoms with E-state index in [4.69, 9.17) is 12.2 Å². The molecular formula is C14H7Br2NOS2. The van der Waals surface area contributed by atoms with Crippen molar-refractivity contribution in [1.82, 2.24) is 4.57 Å². The minimum absolute atomic E-state index is 0.532. The molecule has 6 heteroatoms. The summed E-state index contributed by atoms with van der Waals surface area (Å²) >= 11 is 13.4. The number of carbonyl (C=O) groups is 1. The average molecular weight is 429 g/mol.